The Kier molecular flexibility index (Phi) is 6.48. The lowest BCUT2D eigenvalue weighted by molar-refractivity contribution is -0.124. The molecule has 0 bridgehead atoms. The summed E-state index contributed by atoms with van der Waals surface area (Å²) in [6.45, 7) is 0.489. The maximum Gasteiger partial charge on any atom is 0.407 e. The molecule has 0 saturated carbocycles. The van der Waals surface area contributed by atoms with E-state index in [4.69, 9.17) is 9.94 Å². The van der Waals surface area contributed by atoms with E-state index in [9.17, 15) is 9.59 Å². The van der Waals surface area contributed by atoms with Gasteiger partial charge in [-0.15, -0.1) is 0 Å². The number of ether oxygens (including phenoxy) is 1. The molecule has 1 heterocycles. The topological polar surface area (TPSA) is 101 Å². The Bertz CT molecular complexity index is 700. The van der Waals surface area contributed by atoms with Crippen molar-refractivity contribution in [3.05, 3.63) is 71.6 Å². The van der Waals surface area contributed by atoms with Crippen molar-refractivity contribution in [2.24, 2.45) is 0 Å². The average molecular weight is 327 g/mol. The van der Waals surface area contributed by atoms with Crippen LogP contribution in [-0.2, 0) is 22.7 Å². The molecule has 1 aromatic carbocycles. The number of carbonyl (C=O) groups is 2. The molecule has 0 saturated heterocycles. The van der Waals surface area contributed by atoms with Crippen molar-refractivity contribution in [2.45, 2.75) is 13.2 Å². The van der Waals surface area contributed by atoms with E-state index in [1.165, 1.54) is 11.6 Å². The minimum Gasteiger partial charge on any atom is -0.445 e. The molecule has 3 N–H and O–H groups in total. The van der Waals surface area contributed by atoms with Crippen LogP contribution in [-0.4, -0.2) is 22.2 Å². The summed E-state index contributed by atoms with van der Waals surface area (Å²) in [5, 5.41) is 11.0. The fraction of sp³-hybridized carbons (Fsp3) is 0.118. The molecule has 124 valence electrons. The van der Waals surface area contributed by atoms with Crippen LogP contribution in [0.3, 0.4) is 0 Å². The summed E-state index contributed by atoms with van der Waals surface area (Å²) in [6, 6.07) is 10.8. The number of nitrogens with zero attached hydrogens (tertiary/aromatic N) is 1. The second-order valence-electron chi connectivity index (χ2n) is 4.84. The zero-order valence-corrected chi connectivity index (χ0v) is 12.8. The Morgan fingerprint density at radius 2 is 1.96 bits per heavy atom. The molecule has 2 rings (SSSR count). The second-order valence-corrected chi connectivity index (χ2v) is 4.84. The van der Waals surface area contributed by atoms with Crippen molar-refractivity contribution in [3.63, 3.8) is 0 Å². The number of amides is 2. The third-order valence-corrected chi connectivity index (χ3v) is 3.05. The lowest BCUT2D eigenvalue weighted by Crippen LogP contribution is -2.23. The van der Waals surface area contributed by atoms with E-state index in [0.717, 1.165) is 16.7 Å². The van der Waals surface area contributed by atoms with E-state index in [-0.39, 0.29) is 6.61 Å². The Morgan fingerprint density at radius 1 is 1.17 bits per heavy atom. The number of aromatic nitrogens is 1. The van der Waals surface area contributed by atoms with Crippen molar-refractivity contribution < 1.29 is 19.5 Å². The van der Waals surface area contributed by atoms with Gasteiger partial charge in [0.05, 0.1) is 0 Å². The van der Waals surface area contributed by atoms with Gasteiger partial charge < -0.3 is 10.1 Å². The summed E-state index contributed by atoms with van der Waals surface area (Å²) in [7, 11) is 0. The van der Waals surface area contributed by atoms with Crippen LogP contribution in [0.4, 0.5) is 4.79 Å². The summed E-state index contributed by atoms with van der Waals surface area (Å²) in [6.07, 6.45) is 5.55. The van der Waals surface area contributed by atoms with Crippen molar-refractivity contribution in [1.29, 1.82) is 0 Å². The molecule has 2 amide bonds. The first-order chi connectivity index (χ1) is 11.7. The fourth-order valence-corrected chi connectivity index (χ4v) is 1.81. The quantitative estimate of drug-likeness (QED) is 0.428. The van der Waals surface area contributed by atoms with Gasteiger partial charge in [0.2, 0.25) is 0 Å². The maximum atomic E-state index is 11.6. The molecular weight excluding hydrogens is 310 g/mol. The van der Waals surface area contributed by atoms with Gasteiger partial charge in [-0.3, -0.25) is 15.0 Å². The number of carbonyl (C=O) groups excluding carboxylic acids is 2. The third kappa shape index (κ3) is 5.90. The van der Waals surface area contributed by atoms with E-state index < -0.39 is 12.0 Å². The number of benzene rings is 1. The number of alkyl carbamates (subject to hydrolysis) is 1. The number of hydroxylamine groups is 1. The predicted octanol–water partition coefficient (Wildman–Crippen LogP) is 2.03. The Morgan fingerprint density at radius 3 is 2.62 bits per heavy atom. The molecule has 7 heteroatoms. The molecular formula is C17H17N3O4. The molecule has 0 aliphatic rings. The SMILES string of the molecule is O=C(C=Cc1ccc(CNC(=O)OCc2cccnc2)cc1)NO. The summed E-state index contributed by atoms with van der Waals surface area (Å²) in [4.78, 5) is 26.5. The predicted molar refractivity (Wildman–Crippen MR) is 86.7 cm³/mol. The molecule has 7 nitrogen and oxygen atoms in total. The molecule has 0 fully saturated rings. The second kappa shape index (κ2) is 9.06. The molecule has 1 aromatic heterocycles. The van der Waals surface area contributed by atoms with Gasteiger partial charge in [0.25, 0.3) is 5.91 Å². The van der Waals surface area contributed by atoms with Gasteiger partial charge in [0.1, 0.15) is 6.61 Å². The standard InChI is InChI=1S/C17H17N3O4/c21-16(20-23)8-7-13-3-5-14(6-4-13)11-19-17(22)24-12-15-2-1-9-18-10-15/h1-10,23H,11-12H2,(H,19,22)(H,20,21). The van der Waals surface area contributed by atoms with Crippen LogP contribution in [0.25, 0.3) is 6.08 Å². The summed E-state index contributed by atoms with van der Waals surface area (Å²) >= 11 is 0. The highest BCUT2D eigenvalue weighted by molar-refractivity contribution is 5.90. The molecule has 0 spiro atoms. The van der Waals surface area contributed by atoms with Crippen LogP contribution >= 0.6 is 0 Å². The van der Waals surface area contributed by atoms with E-state index in [1.54, 1.807) is 36.7 Å². The van der Waals surface area contributed by atoms with E-state index in [1.807, 2.05) is 18.2 Å². The van der Waals surface area contributed by atoms with Gasteiger partial charge in [-0.1, -0.05) is 30.3 Å². The molecule has 0 unspecified atom stereocenters. The Balaban J connectivity index is 1.76. The lowest BCUT2D eigenvalue weighted by Gasteiger charge is -2.07. The number of hydrogen-bond donors (Lipinski definition) is 3. The average Bonchev–Trinajstić information content (AvgIpc) is 2.64. The lowest BCUT2D eigenvalue weighted by atomic mass is 10.1. The Hall–Kier alpha value is -3.19. The summed E-state index contributed by atoms with van der Waals surface area (Å²) in [5.41, 5.74) is 4.01. The van der Waals surface area contributed by atoms with E-state index >= 15 is 0 Å². The first-order valence-electron chi connectivity index (χ1n) is 7.18. The molecule has 2 aromatic rings. The largest absolute Gasteiger partial charge is 0.445 e. The van der Waals surface area contributed by atoms with Crippen LogP contribution in [0.5, 0.6) is 0 Å². The molecule has 0 aliphatic heterocycles. The van der Waals surface area contributed by atoms with Gasteiger partial charge in [-0.25, -0.2) is 10.3 Å². The number of pyridine rings is 1. The minimum atomic E-state index is -0.600. The van der Waals surface area contributed by atoms with Gasteiger partial charge in [0.15, 0.2) is 0 Å². The first-order valence-corrected chi connectivity index (χ1v) is 7.18. The molecule has 24 heavy (non-hydrogen) atoms. The van der Waals surface area contributed by atoms with E-state index in [0.29, 0.717) is 6.54 Å². The van der Waals surface area contributed by atoms with Gasteiger partial charge in [-0.05, 0) is 23.3 Å². The van der Waals surface area contributed by atoms with Crippen molar-refractivity contribution in [2.75, 3.05) is 0 Å². The van der Waals surface area contributed by atoms with Crippen LogP contribution in [0.1, 0.15) is 16.7 Å². The number of rotatable bonds is 6. The van der Waals surface area contributed by atoms with Crippen molar-refractivity contribution in [1.82, 2.24) is 15.8 Å². The number of hydrogen-bond acceptors (Lipinski definition) is 5. The smallest absolute Gasteiger partial charge is 0.407 e. The molecule has 0 atom stereocenters. The minimum absolute atomic E-state index is 0.163. The first kappa shape index (κ1) is 17.2. The molecule has 0 aliphatic carbocycles. The highest BCUT2D eigenvalue weighted by atomic mass is 16.5. The van der Waals surface area contributed by atoms with Crippen LogP contribution in [0, 0.1) is 0 Å². The summed E-state index contributed by atoms with van der Waals surface area (Å²) in [5.74, 6) is -0.600. The van der Waals surface area contributed by atoms with Gasteiger partial charge in [-0.2, -0.15) is 0 Å². The van der Waals surface area contributed by atoms with E-state index in [2.05, 4.69) is 10.3 Å². The van der Waals surface area contributed by atoms with Crippen molar-refractivity contribution >= 4 is 18.1 Å². The normalized spacial score (nSPS) is 10.4. The molecule has 0 radical (unpaired) electrons. The van der Waals surface area contributed by atoms with Crippen LogP contribution in [0.15, 0.2) is 54.9 Å². The fourth-order valence-electron chi connectivity index (χ4n) is 1.81. The monoisotopic (exact) mass is 327 g/mol. The summed E-state index contributed by atoms with van der Waals surface area (Å²) < 4.78 is 5.08. The Labute approximate surface area is 138 Å². The zero-order chi connectivity index (χ0) is 17.2. The van der Waals surface area contributed by atoms with Crippen LogP contribution < -0.4 is 10.8 Å². The van der Waals surface area contributed by atoms with Crippen LogP contribution in [0.2, 0.25) is 0 Å². The van der Waals surface area contributed by atoms with Crippen molar-refractivity contribution in [3.8, 4) is 0 Å². The highest BCUT2D eigenvalue weighted by Crippen LogP contribution is 2.06. The zero-order valence-electron chi connectivity index (χ0n) is 12.8. The van der Waals surface area contributed by atoms with Gasteiger partial charge >= 0.3 is 6.09 Å². The highest BCUT2D eigenvalue weighted by Gasteiger charge is 2.03. The maximum absolute atomic E-state index is 11.6. The number of nitrogens with one attached hydrogen (secondary N) is 2. The third-order valence-electron chi connectivity index (χ3n) is 3.05. The van der Waals surface area contributed by atoms with Gasteiger partial charge in [0, 0.05) is 30.6 Å².